The largest absolute Gasteiger partial charge is 0.400 e. The molecular weight excluding hydrogens is 496 g/mol. The van der Waals surface area contributed by atoms with Gasteiger partial charge < -0.3 is 15.2 Å². The third-order valence-corrected chi connectivity index (χ3v) is 8.25. The molecule has 3 aromatic carbocycles. The number of rotatable bonds is 3. The highest BCUT2D eigenvalue weighted by atomic mass is 32.1. The van der Waals surface area contributed by atoms with E-state index < -0.39 is 0 Å². The van der Waals surface area contributed by atoms with Gasteiger partial charge in [0.25, 0.3) is 0 Å². The predicted molar refractivity (Wildman–Crippen MR) is 161 cm³/mol. The molecule has 0 aliphatic heterocycles. The van der Waals surface area contributed by atoms with Gasteiger partial charge >= 0.3 is 0 Å². The zero-order valence-corrected chi connectivity index (χ0v) is 23.6. The van der Waals surface area contributed by atoms with Gasteiger partial charge in [0.05, 0.1) is 11.4 Å². The summed E-state index contributed by atoms with van der Waals surface area (Å²) in [7, 11) is 2.00. The van der Waals surface area contributed by atoms with Crippen LogP contribution in [0.4, 0.5) is 0 Å². The highest BCUT2D eigenvalue weighted by Gasteiger charge is 2.22. The third-order valence-electron chi connectivity index (χ3n) is 6.32. The van der Waals surface area contributed by atoms with E-state index >= 15 is 0 Å². The van der Waals surface area contributed by atoms with Crippen LogP contribution in [0.5, 0.6) is 0 Å². The summed E-state index contributed by atoms with van der Waals surface area (Å²) in [6, 6.07) is 24.1. The lowest BCUT2D eigenvalue weighted by Crippen LogP contribution is -1.87. The Balaban J connectivity index is 0.000000765. The molecule has 0 saturated carbocycles. The summed E-state index contributed by atoms with van der Waals surface area (Å²) in [4.78, 5) is 14.3. The molecule has 4 nitrogen and oxygen atoms in total. The normalized spacial score (nSPS) is 10.7. The Morgan fingerprint density at radius 2 is 1.14 bits per heavy atom. The Hall–Kier alpha value is -3.29. The Bertz CT molecular complexity index is 1560. The second-order valence-corrected chi connectivity index (χ2v) is 11.6. The number of aliphatic hydroxyl groups is 2. The van der Waals surface area contributed by atoms with Crippen molar-refractivity contribution in [2.75, 3.05) is 14.2 Å². The summed E-state index contributed by atoms with van der Waals surface area (Å²) >= 11 is 3.68. The molecule has 6 rings (SSSR count). The molecule has 0 spiro atoms. The van der Waals surface area contributed by atoms with Gasteiger partial charge in [-0.1, -0.05) is 48.5 Å². The number of aliphatic hydroxyl groups excluding tert-OH is 2. The number of nitrogens with one attached hydrogen (secondary N) is 1. The van der Waals surface area contributed by atoms with Crippen LogP contribution in [0.3, 0.4) is 0 Å². The van der Waals surface area contributed by atoms with Gasteiger partial charge in [0.2, 0.25) is 0 Å². The van der Waals surface area contributed by atoms with Gasteiger partial charge in [-0.05, 0) is 67.4 Å². The van der Waals surface area contributed by atoms with Gasteiger partial charge in [-0.25, -0.2) is 4.98 Å². The van der Waals surface area contributed by atoms with Crippen LogP contribution in [-0.4, -0.2) is 34.4 Å². The molecule has 0 amide bonds. The number of fused-ring (bicyclic) bond motifs is 2. The minimum atomic E-state index is 0.930. The van der Waals surface area contributed by atoms with E-state index in [4.69, 9.17) is 15.2 Å². The van der Waals surface area contributed by atoms with Crippen molar-refractivity contribution >= 4 is 44.2 Å². The average molecular weight is 529 g/mol. The fourth-order valence-electron chi connectivity index (χ4n) is 4.90. The van der Waals surface area contributed by atoms with Crippen molar-refractivity contribution < 1.29 is 10.2 Å². The zero-order valence-electron chi connectivity index (χ0n) is 22.0. The van der Waals surface area contributed by atoms with E-state index in [0.717, 1.165) is 31.4 Å². The van der Waals surface area contributed by atoms with E-state index in [-0.39, 0.29) is 0 Å². The number of hydrogen-bond acceptors (Lipinski definition) is 5. The highest BCUT2D eigenvalue weighted by molar-refractivity contribution is 7.12. The van der Waals surface area contributed by atoms with Crippen molar-refractivity contribution in [3.05, 3.63) is 86.2 Å². The second kappa shape index (κ2) is 11.4. The van der Waals surface area contributed by atoms with Crippen LogP contribution >= 0.6 is 22.7 Å². The zero-order chi connectivity index (χ0) is 26.7. The number of thiophene rings is 2. The lowest BCUT2D eigenvalue weighted by atomic mass is 9.96. The van der Waals surface area contributed by atoms with Crippen LogP contribution in [0.15, 0.2) is 66.7 Å². The third kappa shape index (κ3) is 4.98. The molecular formula is C31H32N2O2S2. The van der Waals surface area contributed by atoms with E-state index in [9.17, 15) is 0 Å². The number of nitrogens with zero attached hydrogens (tertiary/aromatic N) is 1. The van der Waals surface area contributed by atoms with Crippen LogP contribution in [-0.2, 0) is 0 Å². The second-order valence-electron chi connectivity index (χ2n) is 8.66. The molecule has 0 atom stereocenters. The number of benzene rings is 3. The Morgan fingerprint density at radius 3 is 1.62 bits per heavy atom. The lowest BCUT2D eigenvalue weighted by molar-refractivity contribution is 0.399. The van der Waals surface area contributed by atoms with E-state index in [1.165, 1.54) is 57.7 Å². The maximum Gasteiger partial charge on any atom is 0.139 e. The number of aryl methyl sites for hydroxylation is 4. The standard InChI is InChI=1S/C29H24N2S2.2CH4O/c1-16-13-24(18(3)32-16)27-28(25-14-17(2)33-19(25)4)31-29(30-27)26-22-11-7-5-9-20(22)15-21-10-6-8-12-23(21)26;2*1-2/h5-15H,1-4H3,(H,30,31);2*2H,1H3. The molecule has 6 aromatic rings. The number of aromatic amines is 1. The summed E-state index contributed by atoms with van der Waals surface area (Å²) in [6.07, 6.45) is 0. The topological polar surface area (TPSA) is 69.1 Å². The average Bonchev–Trinajstić information content (AvgIpc) is 3.59. The van der Waals surface area contributed by atoms with Crippen LogP contribution < -0.4 is 0 Å². The van der Waals surface area contributed by atoms with Gasteiger partial charge in [0, 0.05) is 50.4 Å². The molecule has 190 valence electrons. The van der Waals surface area contributed by atoms with Crippen LogP contribution in [0.1, 0.15) is 19.5 Å². The van der Waals surface area contributed by atoms with Crippen molar-refractivity contribution in [3.8, 4) is 33.9 Å². The smallest absolute Gasteiger partial charge is 0.139 e. The van der Waals surface area contributed by atoms with E-state index in [1.807, 2.05) is 22.7 Å². The van der Waals surface area contributed by atoms with Crippen molar-refractivity contribution in [2.24, 2.45) is 0 Å². The maximum absolute atomic E-state index is 7.00. The number of hydrogen-bond donors (Lipinski definition) is 3. The molecule has 6 heteroatoms. The van der Waals surface area contributed by atoms with Gasteiger partial charge in [0.15, 0.2) is 0 Å². The summed E-state index contributed by atoms with van der Waals surface area (Å²) in [5.41, 5.74) is 5.81. The lowest BCUT2D eigenvalue weighted by Gasteiger charge is -2.09. The van der Waals surface area contributed by atoms with E-state index in [1.54, 1.807) is 0 Å². The number of aromatic nitrogens is 2. The van der Waals surface area contributed by atoms with E-state index in [2.05, 4.69) is 99.4 Å². The van der Waals surface area contributed by atoms with Crippen molar-refractivity contribution in [1.82, 2.24) is 9.97 Å². The molecule has 0 aliphatic carbocycles. The molecule has 3 aromatic heterocycles. The molecule has 0 aliphatic rings. The molecule has 0 radical (unpaired) electrons. The van der Waals surface area contributed by atoms with Gasteiger partial charge in [-0.3, -0.25) is 0 Å². The predicted octanol–water partition coefficient (Wildman–Crippen LogP) is 8.29. The van der Waals surface area contributed by atoms with Gasteiger partial charge in [0.1, 0.15) is 5.82 Å². The summed E-state index contributed by atoms with van der Waals surface area (Å²) < 4.78 is 0. The van der Waals surface area contributed by atoms with Crippen molar-refractivity contribution in [3.63, 3.8) is 0 Å². The van der Waals surface area contributed by atoms with Crippen molar-refractivity contribution in [1.29, 1.82) is 0 Å². The summed E-state index contributed by atoms with van der Waals surface area (Å²) in [5.74, 6) is 0.930. The molecule has 0 unspecified atom stereocenters. The van der Waals surface area contributed by atoms with Gasteiger partial charge in [-0.2, -0.15) is 0 Å². The van der Waals surface area contributed by atoms with Crippen LogP contribution in [0.2, 0.25) is 0 Å². The Labute approximate surface area is 225 Å². The van der Waals surface area contributed by atoms with Crippen LogP contribution in [0.25, 0.3) is 55.4 Å². The first kappa shape index (κ1) is 26.8. The molecule has 3 N–H and O–H groups in total. The Kier molecular flexibility index (Phi) is 8.25. The molecule has 0 saturated heterocycles. The first-order chi connectivity index (χ1) is 18.0. The minimum Gasteiger partial charge on any atom is -0.400 e. The molecule has 0 fully saturated rings. The SMILES string of the molecule is CO.CO.Cc1cc(-c2nc(-c3c4ccccc4cc4ccccc34)[nH]c2-c2cc(C)sc2C)c(C)s1. The number of imidazole rings is 1. The summed E-state index contributed by atoms with van der Waals surface area (Å²) in [6.45, 7) is 8.75. The minimum absolute atomic E-state index is 0.930. The first-order valence-electron chi connectivity index (χ1n) is 12.0. The molecule has 3 heterocycles. The fourth-order valence-corrected chi connectivity index (χ4v) is 6.75. The first-order valence-corrected chi connectivity index (χ1v) is 13.7. The highest BCUT2D eigenvalue weighted by Crippen LogP contribution is 2.43. The van der Waals surface area contributed by atoms with Crippen molar-refractivity contribution in [2.45, 2.75) is 27.7 Å². The fraction of sp³-hybridized carbons (Fsp3) is 0.194. The van der Waals surface area contributed by atoms with E-state index in [0.29, 0.717) is 0 Å². The Morgan fingerprint density at radius 1 is 0.649 bits per heavy atom. The quantitative estimate of drug-likeness (QED) is 0.202. The number of H-pyrrole nitrogens is 1. The monoisotopic (exact) mass is 528 g/mol. The maximum atomic E-state index is 7.00. The molecule has 0 bridgehead atoms. The van der Waals surface area contributed by atoms with Crippen LogP contribution in [0, 0.1) is 27.7 Å². The summed E-state index contributed by atoms with van der Waals surface area (Å²) in [5, 5.41) is 18.9. The molecule has 37 heavy (non-hydrogen) atoms. The van der Waals surface area contributed by atoms with Gasteiger partial charge in [-0.15, -0.1) is 22.7 Å².